The zero-order valence-corrected chi connectivity index (χ0v) is 20.0. The zero-order chi connectivity index (χ0) is 23.3. The van der Waals surface area contributed by atoms with Crippen LogP contribution in [0, 0.1) is 11.3 Å². The van der Waals surface area contributed by atoms with Gasteiger partial charge in [0.2, 0.25) is 11.5 Å². The Bertz CT molecular complexity index is 964. The van der Waals surface area contributed by atoms with Crippen LogP contribution in [0.2, 0.25) is 5.02 Å². The molecule has 0 aromatic heterocycles. The van der Waals surface area contributed by atoms with Crippen LogP contribution in [0.3, 0.4) is 0 Å². The highest BCUT2D eigenvalue weighted by molar-refractivity contribution is 6.31. The lowest BCUT2D eigenvalue weighted by atomic mass is 9.90. The lowest BCUT2D eigenvalue weighted by Gasteiger charge is -2.24. The van der Waals surface area contributed by atoms with E-state index in [-0.39, 0.29) is 35.5 Å². The van der Waals surface area contributed by atoms with E-state index in [2.05, 4.69) is 0 Å². The summed E-state index contributed by atoms with van der Waals surface area (Å²) in [5, 5.41) is 1.46. The van der Waals surface area contributed by atoms with Crippen molar-refractivity contribution in [3.05, 3.63) is 23.2 Å². The summed E-state index contributed by atoms with van der Waals surface area (Å²) < 4.78 is 23.3. The molecule has 6 nitrogen and oxygen atoms in total. The van der Waals surface area contributed by atoms with E-state index in [0.717, 1.165) is 0 Å². The van der Waals surface area contributed by atoms with Crippen molar-refractivity contribution < 1.29 is 28.5 Å². The van der Waals surface area contributed by atoms with Gasteiger partial charge in [-0.3, -0.25) is 9.59 Å². The monoisotopic (exact) mass is 450 g/mol. The van der Waals surface area contributed by atoms with Crippen LogP contribution >= 0.6 is 11.6 Å². The van der Waals surface area contributed by atoms with Gasteiger partial charge in [-0.15, -0.1) is 0 Å². The molecule has 0 aliphatic rings. The van der Waals surface area contributed by atoms with Crippen LogP contribution in [-0.2, 0) is 9.59 Å². The number of carbonyl (C=O) groups excluding carboxylic acids is 2. The Labute approximate surface area is 188 Å². The summed E-state index contributed by atoms with van der Waals surface area (Å²) >= 11 is 6.26. The van der Waals surface area contributed by atoms with E-state index in [1.54, 1.807) is 39.0 Å². The van der Waals surface area contributed by atoms with Gasteiger partial charge in [0.25, 0.3) is 0 Å². The summed E-state index contributed by atoms with van der Waals surface area (Å²) in [7, 11) is 0. The van der Waals surface area contributed by atoms with Gasteiger partial charge >= 0.3 is 11.9 Å². The number of ether oxygens (including phenoxy) is 4. The number of hydrogen-bond donors (Lipinski definition) is 0. The quantitative estimate of drug-likeness (QED) is 0.335. The van der Waals surface area contributed by atoms with Crippen LogP contribution in [0.1, 0.15) is 54.9 Å². The Kier molecular flexibility index (Phi) is 8.18. The molecule has 0 saturated carbocycles. The third-order valence-electron chi connectivity index (χ3n) is 4.97. The van der Waals surface area contributed by atoms with Gasteiger partial charge in [-0.25, -0.2) is 0 Å². The fraction of sp³-hybridized carbons (Fsp3) is 0.500. The van der Waals surface area contributed by atoms with Gasteiger partial charge < -0.3 is 18.9 Å². The normalized spacial score (nSPS) is 11.5. The molecular weight excluding hydrogens is 420 g/mol. The second-order valence-corrected chi connectivity index (χ2v) is 8.51. The molecule has 0 aliphatic heterocycles. The molecule has 0 unspecified atom stereocenters. The maximum atomic E-state index is 12.9. The van der Waals surface area contributed by atoms with Crippen LogP contribution in [0.15, 0.2) is 18.2 Å². The molecule has 2 aromatic rings. The predicted molar refractivity (Wildman–Crippen MR) is 121 cm³/mol. The van der Waals surface area contributed by atoms with Gasteiger partial charge in [0.05, 0.1) is 24.5 Å². The molecule has 2 aromatic carbocycles. The Morgan fingerprint density at radius 3 is 1.94 bits per heavy atom. The molecular formula is C24H31ClO6. The molecule has 31 heavy (non-hydrogen) atoms. The molecule has 2 rings (SSSR count). The van der Waals surface area contributed by atoms with Crippen molar-refractivity contribution in [2.75, 3.05) is 13.2 Å². The minimum Gasteiger partial charge on any atom is -0.487 e. The van der Waals surface area contributed by atoms with Crippen LogP contribution in [-0.4, -0.2) is 25.2 Å². The summed E-state index contributed by atoms with van der Waals surface area (Å²) in [5.41, 5.74) is -0.705. The SMILES string of the molecule is CCOc1c(OCC)c(OC(=O)C(C)(C)CC)c2cc(Cl)ccc2c1OC(=O)C(C)C. The first-order valence-electron chi connectivity index (χ1n) is 10.6. The third-order valence-corrected chi connectivity index (χ3v) is 5.21. The first kappa shape index (κ1) is 24.8. The Morgan fingerprint density at radius 2 is 1.45 bits per heavy atom. The summed E-state index contributed by atoms with van der Waals surface area (Å²) in [4.78, 5) is 25.4. The first-order chi connectivity index (χ1) is 14.6. The van der Waals surface area contributed by atoms with E-state index < -0.39 is 17.4 Å². The van der Waals surface area contributed by atoms with Crippen LogP contribution in [0.25, 0.3) is 10.8 Å². The standard InChI is InChI=1S/C24H31ClO6/c1-8-24(6,7)23(27)31-19-17-13-15(25)11-12-16(17)18(30-22(26)14(4)5)20(28-9-2)21(19)29-10-3/h11-14H,8-10H2,1-7H3. The Balaban J connectivity index is 2.88. The van der Waals surface area contributed by atoms with Crippen molar-refractivity contribution in [1.82, 2.24) is 0 Å². The first-order valence-corrected chi connectivity index (χ1v) is 10.9. The number of hydrogen-bond acceptors (Lipinski definition) is 6. The highest BCUT2D eigenvalue weighted by Crippen LogP contribution is 2.52. The summed E-state index contributed by atoms with van der Waals surface area (Å²) in [5.74, 6) is -0.363. The van der Waals surface area contributed by atoms with Gasteiger partial charge in [0.15, 0.2) is 11.5 Å². The number of rotatable bonds is 9. The second kappa shape index (κ2) is 10.2. The van der Waals surface area contributed by atoms with Crippen molar-refractivity contribution >= 4 is 34.3 Å². The molecule has 0 atom stereocenters. The molecule has 0 radical (unpaired) electrons. The second-order valence-electron chi connectivity index (χ2n) is 8.08. The molecule has 0 saturated heterocycles. The number of esters is 2. The fourth-order valence-electron chi connectivity index (χ4n) is 2.70. The molecule has 0 heterocycles. The van der Waals surface area contributed by atoms with Crippen molar-refractivity contribution in [3.8, 4) is 23.0 Å². The maximum Gasteiger partial charge on any atom is 0.317 e. The summed E-state index contributed by atoms with van der Waals surface area (Å²) in [6.07, 6.45) is 0.594. The van der Waals surface area contributed by atoms with Crippen molar-refractivity contribution in [2.24, 2.45) is 11.3 Å². The highest BCUT2D eigenvalue weighted by Gasteiger charge is 2.32. The van der Waals surface area contributed by atoms with E-state index in [1.165, 1.54) is 0 Å². The molecule has 0 fully saturated rings. The molecule has 0 spiro atoms. The fourth-order valence-corrected chi connectivity index (χ4v) is 2.87. The lowest BCUT2D eigenvalue weighted by Crippen LogP contribution is -2.28. The molecule has 0 N–H and O–H groups in total. The van der Waals surface area contributed by atoms with Gasteiger partial charge in [0, 0.05) is 15.8 Å². The smallest absolute Gasteiger partial charge is 0.317 e. The van der Waals surface area contributed by atoms with E-state index in [4.69, 9.17) is 30.5 Å². The number of carbonyl (C=O) groups is 2. The van der Waals surface area contributed by atoms with Gasteiger partial charge in [-0.2, -0.15) is 0 Å². The topological polar surface area (TPSA) is 71.1 Å². The molecule has 0 aliphatic carbocycles. The van der Waals surface area contributed by atoms with Crippen LogP contribution in [0.4, 0.5) is 0 Å². The molecule has 0 amide bonds. The number of benzene rings is 2. The minimum atomic E-state index is -0.705. The molecule has 170 valence electrons. The average Bonchev–Trinajstić information content (AvgIpc) is 2.72. The van der Waals surface area contributed by atoms with Gasteiger partial charge in [-0.05, 0) is 52.3 Å². The van der Waals surface area contributed by atoms with Gasteiger partial charge in [0.1, 0.15) is 0 Å². The van der Waals surface area contributed by atoms with Crippen LogP contribution in [0.5, 0.6) is 23.0 Å². The molecule has 7 heteroatoms. The van der Waals surface area contributed by atoms with Crippen molar-refractivity contribution in [3.63, 3.8) is 0 Å². The van der Waals surface area contributed by atoms with E-state index in [1.807, 2.05) is 27.7 Å². The Morgan fingerprint density at radius 1 is 0.903 bits per heavy atom. The minimum absolute atomic E-state index is 0.193. The van der Waals surface area contributed by atoms with Crippen molar-refractivity contribution in [1.29, 1.82) is 0 Å². The van der Waals surface area contributed by atoms with E-state index in [9.17, 15) is 9.59 Å². The van der Waals surface area contributed by atoms with Gasteiger partial charge in [-0.1, -0.05) is 32.4 Å². The average molecular weight is 451 g/mol. The van der Waals surface area contributed by atoms with Crippen molar-refractivity contribution in [2.45, 2.75) is 54.9 Å². The Hall–Kier alpha value is -2.47. The largest absolute Gasteiger partial charge is 0.487 e. The summed E-state index contributed by atoms with van der Waals surface area (Å²) in [6, 6.07) is 5.04. The highest BCUT2D eigenvalue weighted by atomic mass is 35.5. The number of fused-ring (bicyclic) bond motifs is 1. The van der Waals surface area contributed by atoms with E-state index >= 15 is 0 Å². The maximum absolute atomic E-state index is 12.9. The number of halogens is 1. The lowest BCUT2D eigenvalue weighted by molar-refractivity contribution is -0.144. The van der Waals surface area contributed by atoms with E-state index in [0.29, 0.717) is 28.8 Å². The summed E-state index contributed by atoms with van der Waals surface area (Å²) in [6.45, 7) is 13.2. The molecule has 0 bridgehead atoms. The van der Waals surface area contributed by atoms with Crippen LogP contribution < -0.4 is 18.9 Å². The predicted octanol–water partition coefficient (Wildman–Crippen LogP) is 6.19. The third kappa shape index (κ3) is 5.42. The zero-order valence-electron chi connectivity index (χ0n) is 19.3.